The molecule has 26 heavy (non-hydrogen) atoms. The van der Waals surface area contributed by atoms with E-state index in [1.807, 2.05) is 55.5 Å². The number of aromatic nitrogens is 3. The van der Waals surface area contributed by atoms with Crippen molar-refractivity contribution in [3.05, 3.63) is 88.7 Å². The Morgan fingerprint density at radius 2 is 2.04 bits per heavy atom. The molecule has 0 saturated carbocycles. The number of hydrogen-bond donors (Lipinski definition) is 1. The maximum atomic E-state index is 12.1. The number of rotatable bonds is 6. The van der Waals surface area contributed by atoms with E-state index in [-0.39, 0.29) is 11.9 Å². The Bertz CT molecular complexity index is 905. The summed E-state index contributed by atoms with van der Waals surface area (Å²) in [5, 5.41) is 11.7. The van der Waals surface area contributed by atoms with Gasteiger partial charge in [0, 0.05) is 11.1 Å². The first-order valence-corrected chi connectivity index (χ1v) is 8.66. The normalized spacial score (nSPS) is 12.2. The minimum Gasteiger partial charge on any atom is -0.346 e. The monoisotopic (exact) mass is 366 g/mol. The van der Waals surface area contributed by atoms with Gasteiger partial charge in [0.05, 0.1) is 18.8 Å². The van der Waals surface area contributed by atoms with Gasteiger partial charge < -0.3 is 5.32 Å². The van der Waals surface area contributed by atoms with Gasteiger partial charge in [0.15, 0.2) is 0 Å². The average molecular weight is 367 g/mol. The first kappa shape index (κ1) is 17.9. The van der Waals surface area contributed by atoms with Gasteiger partial charge in [-0.2, -0.15) is 0 Å². The summed E-state index contributed by atoms with van der Waals surface area (Å²) in [4.78, 5) is 12.1. The van der Waals surface area contributed by atoms with Gasteiger partial charge in [-0.25, -0.2) is 4.68 Å². The number of carbonyl (C=O) groups excluding carboxylic acids is 1. The molecule has 1 amide bonds. The summed E-state index contributed by atoms with van der Waals surface area (Å²) >= 11 is 5.98. The van der Waals surface area contributed by atoms with E-state index in [1.165, 1.54) is 6.08 Å². The molecule has 0 aliphatic rings. The Balaban J connectivity index is 1.57. The van der Waals surface area contributed by atoms with Crippen molar-refractivity contribution in [1.29, 1.82) is 0 Å². The highest BCUT2D eigenvalue weighted by Gasteiger charge is 2.08. The highest BCUT2D eigenvalue weighted by molar-refractivity contribution is 6.30. The summed E-state index contributed by atoms with van der Waals surface area (Å²) < 4.78 is 1.74. The van der Waals surface area contributed by atoms with Gasteiger partial charge in [-0.1, -0.05) is 59.3 Å². The van der Waals surface area contributed by atoms with Crippen LogP contribution in [0.1, 0.15) is 29.8 Å². The van der Waals surface area contributed by atoms with Gasteiger partial charge >= 0.3 is 0 Å². The van der Waals surface area contributed by atoms with Crippen LogP contribution in [0.3, 0.4) is 0 Å². The first-order valence-electron chi connectivity index (χ1n) is 8.28. The lowest BCUT2D eigenvalue weighted by Gasteiger charge is -2.13. The Labute approximate surface area is 157 Å². The molecule has 3 rings (SSSR count). The second-order valence-electron chi connectivity index (χ2n) is 5.95. The van der Waals surface area contributed by atoms with Gasteiger partial charge in [-0.05, 0) is 36.3 Å². The smallest absolute Gasteiger partial charge is 0.244 e. The van der Waals surface area contributed by atoms with Gasteiger partial charge in [0.2, 0.25) is 5.91 Å². The predicted octanol–water partition coefficient (Wildman–Crippen LogP) is 3.87. The van der Waals surface area contributed by atoms with Crippen LogP contribution in [0.4, 0.5) is 0 Å². The zero-order valence-electron chi connectivity index (χ0n) is 14.3. The molecule has 1 N–H and O–H groups in total. The molecule has 1 heterocycles. The lowest BCUT2D eigenvalue weighted by molar-refractivity contribution is -0.117. The fraction of sp³-hybridized carbons (Fsp3) is 0.150. The number of hydrogen-bond acceptors (Lipinski definition) is 3. The molecule has 1 aromatic heterocycles. The highest BCUT2D eigenvalue weighted by atomic mass is 35.5. The van der Waals surface area contributed by atoms with Crippen LogP contribution >= 0.6 is 11.6 Å². The number of carbonyl (C=O) groups is 1. The van der Waals surface area contributed by atoms with Crippen molar-refractivity contribution in [2.75, 3.05) is 0 Å². The van der Waals surface area contributed by atoms with Gasteiger partial charge in [-0.3, -0.25) is 4.79 Å². The average Bonchev–Trinajstić information content (AvgIpc) is 3.08. The molecule has 0 bridgehead atoms. The van der Waals surface area contributed by atoms with Crippen LogP contribution in [-0.4, -0.2) is 20.9 Å². The number of benzene rings is 2. The Morgan fingerprint density at radius 1 is 1.23 bits per heavy atom. The van der Waals surface area contributed by atoms with Crippen molar-refractivity contribution in [1.82, 2.24) is 20.3 Å². The van der Waals surface area contributed by atoms with E-state index in [0.717, 1.165) is 11.1 Å². The van der Waals surface area contributed by atoms with Crippen molar-refractivity contribution in [3.8, 4) is 0 Å². The molecule has 1 atom stereocenters. The molecule has 6 heteroatoms. The van der Waals surface area contributed by atoms with Crippen LogP contribution in [0, 0.1) is 0 Å². The van der Waals surface area contributed by atoms with Crippen molar-refractivity contribution in [2.45, 2.75) is 19.5 Å². The maximum absolute atomic E-state index is 12.1. The van der Waals surface area contributed by atoms with E-state index in [1.54, 1.807) is 23.0 Å². The SMILES string of the molecule is C[C@H](NC(=O)/C=C/c1cn(Cc2ccccc2)nn1)c1cccc(Cl)c1. The topological polar surface area (TPSA) is 59.8 Å². The highest BCUT2D eigenvalue weighted by Crippen LogP contribution is 2.17. The van der Waals surface area contributed by atoms with Crippen LogP contribution in [0.25, 0.3) is 6.08 Å². The van der Waals surface area contributed by atoms with Crippen LogP contribution in [-0.2, 0) is 11.3 Å². The zero-order valence-corrected chi connectivity index (χ0v) is 15.1. The minimum absolute atomic E-state index is 0.139. The molecular formula is C20H19ClN4O. The standard InChI is InChI=1S/C20H19ClN4O/c1-15(17-8-5-9-18(21)12-17)22-20(26)11-10-19-14-25(24-23-19)13-16-6-3-2-4-7-16/h2-12,14-15H,13H2,1H3,(H,22,26)/b11-10+/t15-/m0/s1. The summed E-state index contributed by atoms with van der Waals surface area (Å²) in [6, 6.07) is 17.3. The Morgan fingerprint density at radius 3 is 2.81 bits per heavy atom. The number of nitrogens with zero attached hydrogens (tertiary/aromatic N) is 3. The van der Waals surface area contributed by atoms with Crippen LogP contribution in [0.5, 0.6) is 0 Å². The van der Waals surface area contributed by atoms with Gasteiger partial charge in [0.25, 0.3) is 0 Å². The molecule has 0 aliphatic carbocycles. The molecule has 0 fully saturated rings. The van der Waals surface area contributed by atoms with Crippen molar-refractivity contribution in [2.24, 2.45) is 0 Å². The summed E-state index contributed by atoms with van der Waals surface area (Å²) in [5.74, 6) is -0.199. The minimum atomic E-state index is -0.199. The Kier molecular flexibility index (Phi) is 5.81. The van der Waals surface area contributed by atoms with Crippen molar-refractivity contribution >= 4 is 23.6 Å². The quantitative estimate of drug-likeness (QED) is 0.674. The molecule has 0 saturated heterocycles. The predicted molar refractivity (Wildman–Crippen MR) is 103 cm³/mol. The summed E-state index contributed by atoms with van der Waals surface area (Å²) in [5.41, 5.74) is 2.72. The summed E-state index contributed by atoms with van der Waals surface area (Å²) in [6.45, 7) is 2.55. The number of halogens is 1. The zero-order chi connectivity index (χ0) is 18.4. The van der Waals surface area contributed by atoms with Crippen molar-refractivity contribution in [3.63, 3.8) is 0 Å². The summed E-state index contributed by atoms with van der Waals surface area (Å²) in [7, 11) is 0. The third kappa shape index (κ3) is 5.04. The van der Waals surface area contributed by atoms with Gasteiger partial charge in [-0.15, -0.1) is 5.10 Å². The second-order valence-corrected chi connectivity index (χ2v) is 6.38. The number of amides is 1. The second kappa shape index (κ2) is 8.45. The number of nitrogens with one attached hydrogen (secondary N) is 1. The third-order valence-corrected chi connectivity index (χ3v) is 4.09. The van der Waals surface area contributed by atoms with E-state index in [4.69, 9.17) is 11.6 Å². The molecule has 0 aliphatic heterocycles. The first-order chi connectivity index (χ1) is 12.6. The van der Waals surface area contributed by atoms with E-state index < -0.39 is 0 Å². The molecule has 2 aromatic carbocycles. The lowest BCUT2D eigenvalue weighted by atomic mass is 10.1. The van der Waals surface area contributed by atoms with E-state index >= 15 is 0 Å². The molecule has 3 aromatic rings. The Hall–Kier alpha value is -2.92. The largest absolute Gasteiger partial charge is 0.346 e. The van der Waals surface area contributed by atoms with Gasteiger partial charge in [0.1, 0.15) is 5.69 Å². The molecule has 0 unspecified atom stereocenters. The maximum Gasteiger partial charge on any atom is 0.244 e. The third-order valence-electron chi connectivity index (χ3n) is 3.86. The molecule has 0 radical (unpaired) electrons. The fourth-order valence-corrected chi connectivity index (χ4v) is 2.72. The molecule has 132 valence electrons. The lowest BCUT2D eigenvalue weighted by Crippen LogP contribution is -2.24. The van der Waals surface area contributed by atoms with E-state index in [2.05, 4.69) is 15.6 Å². The molecule has 5 nitrogen and oxygen atoms in total. The van der Waals surface area contributed by atoms with E-state index in [0.29, 0.717) is 17.3 Å². The molecular weight excluding hydrogens is 348 g/mol. The van der Waals surface area contributed by atoms with Crippen molar-refractivity contribution < 1.29 is 4.79 Å². The molecule has 0 spiro atoms. The van der Waals surface area contributed by atoms with Crippen LogP contribution < -0.4 is 5.32 Å². The van der Waals surface area contributed by atoms with Crippen LogP contribution in [0.2, 0.25) is 5.02 Å². The summed E-state index contributed by atoms with van der Waals surface area (Å²) in [6.07, 6.45) is 4.91. The van der Waals surface area contributed by atoms with E-state index in [9.17, 15) is 4.79 Å². The fourth-order valence-electron chi connectivity index (χ4n) is 2.52. The van der Waals surface area contributed by atoms with Crippen LogP contribution in [0.15, 0.2) is 66.9 Å².